The third-order valence-corrected chi connectivity index (χ3v) is 2.95. The van der Waals surface area contributed by atoms with Crippen molar-refractivity contribution in [1.29, 1.82) is 5.26 Å². The number of methoxy groups -OCH3 is 1. The zero-order chi connectivity index (χ0) is 14.7. The number of para-hydroxylation sites is 2. The number of halogens is 1. The lowest BCUT2D eigenvalue weighted by Gasteiger charge is -2.03. The van der Waals surface area contributed by atoms with Crippen LogP contribution >= 0.6 is 11.6 Å². The van der Waals surface area contributed by atoms with E-state index >= 15 is 0 Å². The van der Waals surface area contributed by atoms with Crippen LogP contribution in [0.1, 0.15) is 11.3 Å². The van der Waals surface area contributed by atoms with Gasteiger partial charge in [-0.05, 0) is 6.07 Å². The minimum absolute atomic E-state index is 0.0221. The summed E-state index contributed by atoms with van der Waals surface area (Å²) < 4.78 is 6.11. The zero-order valence-corrected chi connectivity index (χ0v) is 11.2. The molecule has 1 aromatic heterocycles. The second-order valence-corrected chi connectivity index (χ2v) is 4.17. The highest BCUT2D eigenvalue weighted by Gasteiger charge is 2.22. The van der Waals surface area contributed by atoms with Gasteiger partial charge in [-0.25, -0.2) is 4.68 Å². The number of hydrogen-bond donors (Lipinski definition) is 0. The molecule has 0 saturated heterocycles. The van der Waals surface area contributed by atoms with E-state index in [1.807, 2.05) is 6.07 Å². The molecule has 2 rings (SSSR count). The van der Waals surface area contributed by atoms with Gasteiger partial charge in [0.15, 0.2) is 5.15 Å². The minimum atomic E-state index is -0.532. The van der Waals surface area contributed by atoms with Crippen LogP contribution in [0.3, 0.4) is 0 Å². The fraction of sp³-hybridized carbons (Fsp3) is 0.167. The molecule has 7 nitrogen and oxygen atoms in total. The second kappa shape index (κ2) is 5.69. The van der Waals surface area contributed by atoms with Crippen molar-refractivity contribution in [3.8, 4) is 11.8 Å². The Labute approximate surface area is 119 Å². The van der Waals surface area contributed by atoms with Crippen LogP contribution in [0, 0.1) is 21.4 Å². The predicted molar refractivity (Wildman–Crippen MR) is 70.7 cm³/mol. The smallest absolute Gasteiger partial charge is 0.294 e. The van der Waals surface area contributed by atoms with Crippen molar-refractivity contribution in [2.45, 2.75) is 6.61 Å². The van der Waals surface area contributed by atoms with Gasteiger partial charge in [0.2, 0.25) is 0 Å². The third-order valence-electron chi connectivity index (χ3n) is 2.60. The Morgan fingerprint density at radius 3 is 2.85 bits per heavy atom. The summed E-state index contributed by atoms with van der Waals surface area (Å²) >= 11 is 6.08. The van der Waals surface area contributed by atoms with Crippen molar-refractivity contribution >= 4 is 17.3 Å². The van der Waals surface area contributed by atoms with Crippen LogP contribution in [0.4, 0.5) is 5.69 Å². The van der Waals surface area contributed by atoms with Crippen molar-refractivity contribution in [2.75, 3.05) is 7.11 Å². The molecule has 2 aromatic rings. The fourth-order valence-corrected chi connectivity index (χ4v) is 2.03. The summed E-state index contributed by atoms with van der Waals surface area (Å²) in [5, 5.41) is 24.3. The lowest BCUT2D eigenvalue weighted by Crippen LogP contribution is -2.02. The molecule has 0 saturated carbocycles. The van der Waals surface area contributed by atoms with Crippen LogP contribution in [-0.4, -0.2) is 21.8 Å². The van der Waals surface area contributed by atoms with E-state index in [0.29, 0.717) is 5.69 Å². The van der Waals surface area contributed by atoms with E-state index in [2.05, 4.69) is 5.10 Å². The molecule has 0 aliphatic heterocycles. The normalized spacial score (nSPS) is 10.2. The molecule has 1 aromatic carbocycles. The Hall–Kier alpha value is -2.43. The maximum Gasteiger partial charge on any atom is 0.294 e. The van der Waals surface area contributed by atoms with Gasteiger partial charge in [0.25, 0.3) is 5.69 Å². The molecule has 8 heteroatoms. The molecule has 0 unspecified atom stereocenters. The molecular weight excluding hydrogens is 284 g/mol. The zero-order valence-electron chi connectivity index (χ0n) is 10.4. The number of nitrogens with zero attached hydrogens (tertiary/aromatic N) is 4. The van der Waals surface area contributed by atoms with Gasteiger partial charge < -0.3 is 4.74 Å². The van der Waals surface area contributed by atoms with Gasteiger partial charge >= 0.3 is 0 Å². The van der Waals surface area contributed by atoms with Crippen LogP contribution in [0.25, 0.3) is 5.69 Å². The van der Waals surface area contributed by atoms with Crippen LogP contribution in [0.2, 0.25) is 5.15 Å². The van der Waals surface area contributed by atoms with Gasteiger partial charge in [-0.2, -0.15) is 10.4 Å². The maximum absolute atomic E-state index is 11.0. The Balaban J connectivity index is 2.66. The van der Waals surface area contributed by atoms with Crippen molar-refractivity contribution in [1.82, 2.24) is 9.78 Å². The topological polar surface area (TPSA) is 94.0 Å². The molecule has 0 atom stereocenters. The van der Waals surface area contributed by atoms with Crippen molar-refractivity contribution in [3.05, 3.63) is 50.8 Å². The van der Waals surface area contributed by atoms with E-state index in [4.69, 9.17) is 21.6 Å². The molecule has 1 heterocycles. The number of nitro groups is 1. The molecule has 0 fully saturated rings. The molecule has 0 N–H and O–H groups in total. The highest BCUT2D eigenvalue weighted by molar-refractivity contribution is 6.31. The van der Waals surface area contributed by atoms with Gasteiger partial charge in [-0.3, -0.25) is 10.1 Å². The van der Waals surface area contributed by atoms with Crippen LogP contribution in [0.15, 0.2) is 24.3 Å². The van der Waals surface area contributed by atoms with Crippen molar-refractivity contribution < 1.29 is 9.66 Å². The molecule has 0 amide bonds. The third kappa shape index (κ3) is 2.34. The summed E-state index contributed by atoms with van der Waals surface area (Å²) in [7, 11) is 1.46. The quantitative estimate of drug-likeness (QED) is 0.637. The van der Waals surface area contributed by atoms with E-state index in [9.17, 15) is 10.1 Å². The molecule has 102 valence electrons. The first-order valence-corrected chi connectivity index (χ1v) is 5.88. The first-order valence-electron chi connectivity index (χ1n) is 5.50. The van der Waals surface area contributed by atoms with Gasteiger partial charge in [0, 0.05) is 13.2 Å². The Morgan fingerprint density at radius 1 is 1.55 bits per heavy atom. The lowest BCUT2D eigenvalue weighted by molar-refractivity contribution is -0.384. The molecular formula is C12H9ClN4O3. The largest absolute Gasteiger partial charge is 0.378 e. The Kier molecular flexibility index (Phi) is 3.98. The van der Waals surface area contributed by atoms with Crippen LogP contribution in [-0.2, 0) is 11.3 Å². The van der Waals surface area contributed by atoms with Crippen molar-refractivity contribution in [2.24, 2.45) is 0 Å². The summed E-state index contributed by atoms with van der Waals surface area (Å²) in [5.41, 5.74) is 0.525. The van der Waals surface area contributed by atoms with Crippen LogP contribution < -0.4 is 0 Å². The summed E-state index contributed by atoms with van der Waals surface area (Å²) in [6.07, 6.45) is 0. The summed E-state index contributed by atoms with van der Waals surface area (Å²) in [4.78, 5) is 10.5. The van der Waals surface area contributed by atoms with Gasteiger partial charge in [-0.15, -0.1) is 0 Å². The number of aromatic nitrogens is 2. The summed E-state index contributed by atoms with van der Waals surface area (Å²) in [5.74, 6) is 0. The van der Waals surface area contributed by atoms with E-state index in [0.717, 1.165) is 0 Å². The average molecular weight is 293 g/mol. The van der Waals surface area contributed by atoms with Crippen LogP contribution in [0.5, 0.6) is 0 Å². The van der Waals surface area contributed by atoms with Gasteiger partial charge in [0.05, 0.1) is 11.5 Å². The van der Waals surface area contributed by atoms with E-state index < -0.39 is 4.92 Å². The molecule has 0 bridgehead atoms. The average Bonchev–Trinajstić information content (AvgIpc) is 2.75. The Bertz CT molecular complexity index is 705. The fourth-order valence-electron chi connectivity index (χ4n) is 1.75. The number of benzene rings is 1. The first-order chi connectivity index (χ1) is 9.60. The van der Waals surface area contributed by atoms with Gasteiger partial charge in [0.1, 0.15) is 23.0 Å². The highest BCUT2D eigenvalue weighted by Crippen LogP contribution is 2.28. The number of rotatable bonds is 4. The number of nitriles is 1. The van der Waals surface area contributed by atoms with E-state index in [1.54, 1.807) is 12.1 Å². The number of nitro benzene ring substituents is 1. The first kappa shape index (κ1) is 14.0. The van der Waals surface area contributed by atoms with Gasteiger partial charge in [-0.1, -0.05) is 23.7 Å². The molecule has 0 aliphatic carbocycles. The summed E-state index contributed by atoms with van der Waals surface area (Å²) in [6, 6.07) is 7.94. The van der Waals surface area contributed by atoms with E-state index in [-0.39, 0.29) is 28.7 Å². The standard InChI is InChI=1S/C12H9ClN4O3/c1-20-7-9-8(6-14)12(13)16(15-9)10-4-2-3-5-11(10)17(18)19/h2-5H,7H2,1H3. The SMILES string of the molecule is COCc1nn(-c2ccccc2[N+](=O)[O-])c(Cl)c1C#N. The molecule has 0 spiro atoms. The number of ether oxygens (including phenoxy) is 1. The molecule has 0 aliphatic rings. The van der Waals surface area contributed by atoms with E-state index in [1.165, 1.54) is 23.9 Å². The monoisotopic (exact) mass is 292 g/mol. The second-order valence-electron chi connectivity index (χ2n) is 3.81. The lowest BCUT2D eigenvalue weighted by atomic mass is 10.2. The maximum atomic E-state index is 11.0. The predicted octanol–water partition coefficient (Wildman–Crippen LogP) is 2.45. The van der Waals surface area contributed by atoms with Crippen molar-refractivity contribution in [3.63, 3.8) is 0 Å². The molecule has 0 radical (unpaired) electrons. The Morgan fingerprint density at radius 2 is 2.25 bits per heavy atom. The number of hydrogen-bond acceptors (Lipinski definition) is 5. The molecule has 20 heavy (non-hydrogen) atoms. The highest BCUT2D eigenvalue weighted by atomic mass is 35.5. The minimum Gasteiger partial charge on any atom is -0.378 e. The summed E-state index contributed by atoms with van der Waals surface area (Å²) in [6.45, 7) is 0.0935.